The number of fused-ring (bicyclic) bond motifs is 1. The van der Waals surface area contributed by atoms with Gasteiger partial charge in [-0.1, -0.05) is 15.9 Å². The largest absolute Gasteiger partial charge is 0.464 e. The molecule has 0 saturated carbocycles. The lowest BCUT2D eigenvalue weighted by Crippen LogP contribution is -2.09. The second kappa shape index (κ2) is 4.37. The number of furan rings is 1. The van der Waals surface area contributed by atoms with Gasteiger partial charge in [0, 0.05) is 9.86 Å². The lowest BCUT2D eigenvalue weighted by Gasteiger charge is -1.99. The molecule has 0 radical (unpaired) electrons. The third kappa shape index (κ3) is 2.08. The maximum Gasteiger partial charge on any atom is 0.137 e. The maximum absolute atomic E-state index is 5.58. The van der Waals surface area contributed by atoms with Gasteiger partial charge < -0.3 is 9.73 Å². The first-order valence-electron chi connectivity index (χ1n) is 5.03. The minimum atomic E-state index is 0.972. The zero-order chi connectivity index (χ0) is 10.8. The van der Waals surface area contributed by atoms with E-state index in [1.807, 2.05) is 13.3 Å². The summed E-state index contributed by atoms with van der Waals surface area (Å²) in [5, 5.41) is 4.37. The highest BCUT2D eigenvalue weighted by Crippen LogP contribution is 2.28. The third-order valence-corrected chi connectivity index (χ3v) is 3.01. The van der Waals surface area contributed by atoms with Crippen LogP contribution in [0.4, 0.5) is 0 Å². The monoisotopic (exact) mass is 267 g/mol. The van der Waals surface area contributed by atoms with Gasteiger partial charge in [0.15, 0.2) is 0 Å². The molecule has 0 unspecified atom stereocenters. The summed E-state index contributed by atoms with van der Waals surface area (Å²) in [4.78, 5) is 0. The normalized spacial score (nSPS) is 11.1. The van der Waals surface area contributed by atoms with Crippen molar-refractivity contribution in [2.24, 2.45) is 0 Å². The minimum Gasteiger partial charge on any atom is -0.464 e. The summed E-state index contributed by atoms with van der Waals surface area (Å²) in [7, 11) is 1.96. The molecule has 3 heteroatoms. The zero-order valence-corrected chi connectivity index (χ0v) is 10.5. The number of halogens is 1. The molecule has 15 heavy (non-hydrogen) atoms. The summed E-state index contributed by atoms with van der Waals surface area (Å²) in [6, 6.07) is 4.20. The van der Waals surface area contributed by atoms with Gasteiger partial charge in [-0.15, -0.1) is 0 Å². The molecule has 0 aliphatic rings. The molecule has 0 saturated heterocycles. The van der Waals surface area contributed by atoms with Crippen LogP contribution >= 0.6 is 15.9 Å². The van der Waals surface area contributed by atoms with E-state index in [4.69, 9.17) is 4.42 Å². The Morgan fingerprint density at radius 2 is 2.20 bits per heavy atom. The molecule has 0 aliphatic heterocycles. The highest BCUT2D eigenvalue weighted by molar-refractivity contribution is 9.10. The molecule has 0 amide bonds. The van der Waals surface area contributed by atoms with Crippen LogP contribution in [0.2, 0.25) is 0 Å². The predicted molar refractivity (Wildman–Crippen MR) is 66.3 cm³/mol. The van der Waals surface area contributed by atoms with Gasteiger partial charge in [0.2, 0.25) is 0 Å². The molecule has 80 valence electrons. The number of likely N-dealkylation sites (N-methyl/N-ethyl adjacent to an activating group) is 1. The van der Waals surface area contributed by atoms with Crippen LogP contribution in [0.5, 0.6) is 0 Å². The van der Waals surface area contributed by atoms with Crippen molar-refractivity contribution in [1.82, 2.24) is 5.32 Å². The van der Waals surface area contributed by atoms with E-state index in [1.165, 1.54) is 16.5 Å². The fraction of sp³-hybridized carbons (Fsp3) is 0.333. The van der Waals surface area contributed by atoms with E-state index >= 15 is 0 Å². The van der Waals surface area contributed by atoms with Gasteiger partial charge in [0.25, 0.3) is 0 Å². The third-order valence-electron chi connectivity index (χ3n) is 2.55. The van der Waals surface area contributed by atoms with Crippen molar-refractivity contribution >= 4 is 26.9 Å². The maximum atomic E-state index is 5.58. The molecular formula is C12H14BrNO. The van der Waals surface area contributed by atoms with E-state index in [0.29, 0.717) is 0 Å². The Balaban J connectivity index is 2.49. The molecule has 1 heterocycles. The van der Waals surface area contributed by atoms with Crippen molar-refractivity contribution in [3.05, 3.63) is 34.0 Å². The van der Waals surface area contributed by atoms with Crippen LogP contribution in [0.25, 0.3) is 11.0 Å². The van der Waals surface area contributed by atoms with Gasteiger partial charge in [-0.05, 0) is 50.2 Å². The average molecular weight is 268 g/mol. The molecule has 0 spiro atoms. The van der Waals surface area contributed by atoms with Gasteiger partial charge in [-0.3, -0.25) is 0 Å². The molecule has 0 fully saturated rings. The van der Waals surface area contributed by atoms with Gasteiger partial charge in [-0.25, -0.2) is 0 Å². The van der Waals surface area contributed by atoms with Gasteiger partial charge in [0.1, 0.15) is 5.58 Å². The molecule has 0 atom stereocenters. The summed E-state index contributed by atoms with van der Waals surface area (Å²) in [6.07, 6.45) is 2.86. The fourth-order valence-electron chi connectivity index (χ4n) is 1.77. The van der Waals surface area contributed by atoms with Crippen molar-refractivity contribution in [3.8, 4) is 0 Å². The number of nitrogens with one attached hydrogen (secondary N) is 1. The second-order valence-corrected chi connectivity index (χ2v) is 4.63. The Hall–Kier alpha value is -0.800. The average Bonchev–Trinajstić information content (AvgIpc) is 2.58. The SMILES string of the molecule is CNCCc1coc2c(C)cc(Br)cc12. The van der Waals surface area contributed by atoms with Crippen LogP contribution in [0.15, 0.2) is 27.3 Å². The van der Waals surface area contributed by atoms with Gasteiger partial charge in [0.05, 0.1) is 6.26 Å². The highest BCUT2D eigenvalue weighted by Gasteiger charge is 2.08. The first-order valence-corrected chi connectivity index (χ1v) is 5.82. The Labute approximate surface area is 97.8 Å². The first kappa shape index (κ1) is 10.7. The lowest BCUT2D eigenvalue weighted by molar-refractivity contribution is 0.606. The van der Waals surface area contributed by atoms with Crippen LogP contribution in [-0.4, -0.2) is 13.6 Å². The summed E-state index contributed by atoms with van der Waals surface area (Å²) in [6.45, 7) is 3.04. The van der Waals surface area contributed by atoms with Crippen molar-refractivity contribution in [2.45, 2.75) is 13.3 Å². The number of hydrogen-bond acceptors (Lipinski definition) is 2. The molecular weight excluding hydrogens is 254 g/mol. The minimum absolute atomic E-state index is 0.972. The number of hydrogen-bond donors (Lipinski definition) is 1. The summed E-state index contributed by atoms with van der Waals surface area (Å²) in [5.41, 5.74) is 3.45. The summed E-state index contributed by atoms with van der Waals surface area (Å²) >= 11 is 3.51. The number of benzene rings is 1. The number of rotatable bonds is 3. The number of aryl methyl sites for hydroxylation is 1. The Morgan fingerprint density at radius 3 is 2.93 bits per heavy atom. The quantitative estimate of drug-likeness (QED) is 0.924. The molecule has 1 aromatic heterocycles. The van der Waals surface area contributed by atoms with Crippen molar-refractivity contribution in [3.63, 3.8) is 0 Å². The molecule has 0 aliphatic carbocycles. The van der Waals surface area contributed by atoms with E-state index in [-0.39, 0.29) is 0 Å². The second-order valence-electron chi connectivity index (χ2n) is 3.71. The van der Waals surface area contributed by atoms with Crippen molar-refractivity contribution in [2.75, 3.05) is 13.6 Å². The van der Waals surface area contributed by atoms with Crippen LogP contribution in [-0.2, 0) is 6.42 Å². The van der Waals surface area contributed by atoms with Gasteiger partial charge >= 0.3 is 0 Å². The summed E-state index contributed by atoms with van der Waals surface area (Å²) in [5.74, 6) is 0. The first-order chi connectivity index (χ1) is 7.22. The van der Waals surface area contributed by atoms with Crippen LogP contribution in [0, 0.1) is 6.92 Å². The van der Waals surface area contributed by atoms with Gasteiger partial charge in [-0.2, -0.15) is 0 Å². The molecule has 1 N–H and O–H groups in total. The smallest absolute Gasteiger partial charge is 0.137 e. The van der Waals surface area contributed by atoms with E-state index in [0.717, 1.165) is 23.0 Å². The molecule has 2 aromatic rings. The topological polar surface area (TPSA) is 25.2 Å². The molecule has 1 aromatic carbocycles. The molecule has 0 bridgehead atoms. The van der Waals surface area contributed by atoms with E-state index in [1.54, 1.807) is 0 Å². The lowest BCUT2D eigenvalue weighted by atomic mass is 10.1. The van der Waals surface area contributed by atoms with E-state index in [2.05, 4.69) is 40.3 Å². The zero-order valence-electron chi connectivity index (χ0n) is 8.93. The van der Waals surface area contributed by atoms with Crippen LogP contribution in [0.1, 0.15) is 11.1 Å². The predicted octanol–water partition coefficient (Wildman–Crippen LogP) is 3.27. The van der Waals surface area contributed by atoms with E-state index in [9.17, 15) is 0 Å². The molecule has 2 rings (SSSR count). The standard InChI is InChI=1S/C12H14BrNO/c1-8-5-10(13)6-11-9(3-4-14-2)7-15-12(8)11/h5-7,14H,3-4H2,1-2H3. The highest BCUT2D eigenvalue weighted by atomic mass is 79.9. The molecule has 2 nitrogen and oxygen atoms in total. The van der Waals surface area contributed by atoms with Crippen molar-refractivity contribution < 1.29 is 4.42 Å². The Morgan fingerprint density at radius 1 is 1.40 bits per heavy atom. The Bertz CT molecular complexity index is 476. The van der Waals surface area contributed by atoms with E-state index < -0.39 is 0 Å². The van der Waals surface area contributed by atoms with Crippen LogP contribution in [0.3, 0.4) is 0 Å². The van der Waals surface area contributed by atoms with Crippen molar-refractivity contribution in [1.29, 1.82) is 0 Å². The summed E-state index contributed by atoms with van der Waals surface area (Å²) < 4.78 is 6.69. The Kier molecular flexibility index (Phi) is 3.12. The van der Waals surface area contributed by atoms with Crippen LogP contribution < -0.4 is 5.32 Å². The fourth-order valence-corrected chi connectivity index (χ4v) is 2.34.